The van der Waals surface area contributed by atoms with E-state index in [1.54, 1.807) is 0 Å². The molecule has 1 unspecified atom stereocenters. The summed E-state index contributed by atoms with van der Waals surface area (Å²) in [6.07, 6.45) is 8.73. The molecule has 4 nitrogen and oxygen atoms in total. The fourth-order valence-electron chi connectivity index (χ4n) is 2.08. The minimum Gasteiger partial charge on any atom is -0.462 e. The molecule has 1 atom stereocenters. The molecule has 0 fully saturated rings. The second-order valence-corrected chi connectivity index (χ2v) is 5.52. The topological polar surface area (TPSA) is 66.8 Å². The van der Waals surface area contributed by atoms with E-state index in [0.29, 0.717) is 13.0 Å². The first-order chi connectivity index (χ1) is 10.1. The molecule has 0 aromatic rings. The van der Waals surface area contributed by atoms with Gasteiger partial charge in [-0.2, -0.15) is 0 Å². The quantitative estimate of drug-likeness (QED) is 0.293. The molecule has 0 amide bonds. The SMILES string of the molecule is C=C(C(=O)OCCCCCCC)C(O)CCCCCCO. The van der Waals surface area contributed by atoms with Gasteiger partial charge in [-0.05, 0) is 19.3 Å². The highest BCUT2D eigenvalue weighted by atomic mass is 16.5. The Morgan fingerprint density at radius 1 is 1.05 bits per heavy atom. The number of carbonyl (C=O) groups is 1. The van der Waals surface area contributed by atoms with E-state index in [1.807, 2.05) is 0 Å². The van der Waals surface area contributed by atoms with Crippen LogP contribution in [0.15, 0.2) is 12.2 Å². The lowest BCUT2D eigenvalue weighted by atomic mass is 10.0. The first kappa shape index (κ1) is 20.1. The number of aliphatic hydroxyl groups excluding tert-OH is 2. The lowest BCUT2D eigenvalue weighted by Crippen LogP contribution is -2.19. The molecular weight excluding hydrogens is 268 g/mol. The van der Waals surface area contributed by atoms with E-state index in [4.69, 9.17) is 9.84 Å². The van der Waals surface area contributed by atoms with E-state index < -0.39 is 12.1 Å². The third-order valence-electron chi connectivity index (χ3n) is 3.53. The number of carbonyl (C=O) groups excluding carboxylic acids is 1. The van der Waals surface area contributed by atoms with Crippen LogP contribution in [0.5, 0.6) is 0 Å². The number of ether oxygens (including phenoxy) is 1. The van der Waals surface area contributed by atoms with E-state index in [9.17, 15) is 9.90 Å². The summed E-state index contributed by atoms with van der Waals surface area (Å²) in [6, 6.07) is 0. The Morgan fingerprint density at radius 2 is 1.67 bits per heavy atom. The Labute approximate surface area is 129 Å². The zero-order valence-electron chi connectivity index (χ0n) is 13.5. The van der Waals surface area contributed by atoms with Gasteiger partial charge in [0.2, 0.25) is 0 Å². The highest BCUT2D eigenvalue weighted by Crippen LogP contribution is 2.12. The smallest absolute Gasteiger partial charge is 0.336 e. The molecule has 0 aliphatic heterocycles. The van der Waals surface area contributed by atoms with Crippen molar-refractivity contribution < 1.29 is 19.7 Å². The van der Waals surface area contributed by atoms with Gasteiger partial charge in [0.05, 0.1) is 18.3 Å². The maximum absolute atomic E-state index is 11.7. The van der Waals surface area contributed by atoms with Gasteiger partial charge >= 0.3 is 5.97 Å². The fourth-order valence-corrected chi connectivity index (χ4v) is 2.08. The molecule has 124 valence electrons. The number of aliphatic hydroxyl groups is 2. The predicted octanol–water partition coefficient (Wildman–Crippen LogP) is 3.36. The van der Waals surface area contributed by atoms with Gasteiger partial charge in [0.15, 0.2) is 0 Å². The summed E-state index contributed by atoms with van der Waals surface area (Å²) in [7, 11) is 0. The minimum absolute atomic E-state index is 0.158. The molecule has 0 heterocycles. The van der Waals surface area contributed by atoms with Crippen LogP contribution in [0.2, 0.25) is 0 Å². The van der Waals surface area contributed by atoms with Gasteiger partial charge in [-0.3, -0.25) is 0 Å². The zero-order chi connectivity index (χ0) is 15.9. The summed E-state index contributed by atoms with van der Waals surface area (Å²) in [5, 5.41) is 18.5. The largest absolute Gasteiger partial charge is 0.462 e. The van der Waals surface area contributed by atoms with Crippen molar-refractivity contribution in [2.75, 3.05) is 13.2 Å². The number of esters is 1. The number of hydrogen-bond donors (Lipinski definition) is 2. The molecule has 0 saturated heterocycles. The van der Waals surface area contributed by atoms with Crippen LogP contribution in [0, 0.1) is 0 Å². The molecule has 0 aliphatic rings. The van der Waals surface area contributed by atoms with Gasteiger partial charge in [0.25, 0.3) is 0 Å². The minimum atomic E-state index is -0.813. The molecule has 2 N–H and O–H groups in total. The van der Waals surface area contributed by atoms with Crippen LogP contribution in [0.1, 0.15) is 71.1 Å². The number of hydrogen-bond acceptors (Lipinski definition) is 4. The van der Waals surface area contributed by atoms with Crippen molar-refractivity contribution in [1.82, 2.24) is 0 Å². The highest BCUT2D eigenvalue weighted by molar-refractivity contribution is 5.88. The average molecular weight is 300 g/mol. The molecule has 0 rings (SSSR count). The van der Waals surface area contributed by atoms with Gasteiger partial charge in [0.1, 0.15) is 0 Å². The Balaban J connectivity index is 3.64. The summed E-state index contributed by atoms with van der Waals surface area (Å²) in [6.45, 7) is 6.41. The summed E-state index contributed by atoms with van der Waals surface area (Å²) >= 11 is 0. The highest BCUT2D eigenvalue weighted by Gasteiger charge is 2.17. The van der Waals surface area contributed by atoms with Crippen LogP contribution < -0.4 is 0 Å². The average Bonchev–Trinajstić information content (AvgIpc) is 2.49. The van der Waals surface area contributed by atoms with Crippen LogP contribution >= 0.6 is 0 Å². The molecule has 4 heteroatoms. The lowest BCUT2D eigenvalue weighted by Gasteiger charge is -2.13. The van der Waals surface area contributed by atoms with Gasteiger partial charge in [0, 0.05) is 6.61 Å². The van der Waals surface area contributed by atoms with Crippen LogP contribution in [0.25, 0.3) is 0 Å². The Hall–Kier alpha value is -0.870. The molecule has 0 bridgehead atoms. The first-order valence-electron chi connectivity index (χ1n) is 8.28. The molecule has 0 aromatic carbocycles. The molecule has 0 saturated carbocycles. The Morgan fingerprint density at radius 3 is 2.33 bits per heavy atom. The van der Waals surface area contributed by atoms with Gasteiger partial charge in [-0.1, -0.05) is 58.4 Å². The molecule has 0 aromatic heterocycles. The maximum Gasteiger partial charge on any atom is 0.336 e. The van der Waals surface area contributed by atoms with E-state index in [2.05, 4.69) is 13.5 Å². The predicted molar refractivity (Wildman–Crippen MR) is 85.0 cm³/mol. The zero-order valence-corrected chi connectivity index (χ0v) is 13.5. The van der Waals surface area contributed by atoms with Crippen molar-refractivity contribution in [3.05, 3.63) is 12.2 Å². The van der Waals surface area contributed by atoms with Crippen molar-refractivity contribution in [3.63, 3.8) is 0 Å². The molecule has 0 spiro atoms. The second kappa shape index (κ2) is 14.1. The summed E-state index contributed by atoms with van der Waals surface area (Å²) in [5.41, 5.74) is 0.158. The van der Waals surface area contributed by atoms with Gasteiger partial charge in [-0.25, -0.2) is 4.79 Å². The molecular formula is C17H32O4. The van der Waals surface area contributed by atoms with Gasteiger partial charge < -0.3 is 14.9 Å². The third kappa shape index (κ3) is 11.5. The molecule has 0 radical (unpaired) electrons. The van der Waals surface area contributed by atoms with Crippen molar-refractivity contribution in [2.45, 2.75) is 77.2 Å². The lowest BCUT2D eigenvalue weighted by molar-refractivity contribution is -0.140. The van der Waals surface area contributed by atoms with E-state index in [0.717, 1.165) is 38.5 Å². The van der Waals surface area contributed by atoms with Crippen LogP contribution in [-0.4, -0.2) is 35.5 Å². The number of rotatable bonds is 14. The van der Waals surface area contributed by atoms with Crippen LogP contribution in [-0.2, 0) is 9.53 Å². The third-order valence-corrected chi connectivity index (χ3v) is 3.53. The number of unbranched alkanes of at least 4 members (excludes halogenated alkanes) is 7. The Kier molecular flexibility index (Phi) is 13.5. The summed E-state index contributed by atoms with van der Waals surface area (Å²) in [4.78, 5) is 11.7. The van der Waals surface area contributed by atoms with Crippen molar-refractivity contribution >= 4 is 5.97 Å². The van der Waals surface area contributed by atoms with E-state index in [1.165, 1.54) is 19.3 Å². The first-order valence-corrected chi connectivity index (χ1v) is 8.28. The van der Waals surface area contributed by atoms with Crippen LogP contribution in [0.4, 0.5) is 0 Å². The van der Waals surface area contributed by atoms with Crippen molar-refractivity contribution in [3.8, 4) is 0 Å². The van der Waals surface area contributed by atoms with Gasteiger partial charge in [-0.15, -0.1) is 0 Å². The molecule has 21 heavy (non-hydrogen) atoms. The monoisotopic (exact) mass is 300 g/mol. The summed E-state index contributed by atoms with van der Waals surface area (Å²) in [5.74, 6) is -0.478. The van der Waals surface area contributed by atoms with E-state index in [-0.39, 0.29) is 12.2 Å². The van der Waals surface area contributed by atoms with Crippen molar-refractivity contribution in [1.29, 1.82) is 0 Å². The standard InChI is InChI=1S/C17H32O4/c1-3-4-5-8-11-14-21-17(20)15(2)16(19)12-9-6-7-10-13-18/h16,18-19H,2-14H2,1H3. The van der Waals surface area contributed by atoms with Crippen LogP contribution in [0.3, 0.4) is 0 Å². The van der Waals surface area contributed by atoms with Crippen molar-refractivity contribution in [2.24, 2.45) is 0 Å². The second-order valence-electron chi connectivity index (χ2n) is 5.52. The maximum atomic E-state index is 11.7. The Bertz CT molecular complexity index is 276. The fraction of sp³-hybridized carbons (Fsp3) is 0.824. The molecule has 0 aliphatic carbocycles. The normalized spacial score (nSPS) is 12.1. The van der Waals surface area contributed by atoms with E-state index >= 15 is 0 Å². The summed E-state index contributed by atoms with van der Waals surface area (Å²) < 4.78 is 5.12.